The molecule has 1 saturated heterocycles. The lowest BCUT2D eigenvalue weighted by atomic mass is 10.1. The number of sulfonamides is 1. The number of morpholine rings is 1. The standard InChI is InChI=1S/C20H29N3O3S/c1-15-12-17(3)20(13-16(15)2)27(24,25)21-14-19(18-6-5-7-22(18)4)23-8-10-26-11-9-23/h5-7,12-13,19,21H,8-11,14H2,1-4H3. The molecule has 1 aliphatic rings. The van der Waals surface area contributed by atoms with Crippen LogP contribution in [0.15, 0.2) is 35.4 Å². The summed E-state index contributed by atoms with van der Waals surface area (Å²) in [7, 11) is -1.59. The number of rotatable bonds is 6. The monoisotopic (exact) mass is 391 g/mol. The highest BCUT2D eigenvalue weighted by Gasteiger charge is 2.27. The summed E-state index contributed by atoms with van der Waals surface area (Å²) >= 11 is 0. The zero-order valence-electron chi connectivity index (χ0n) is 16.5. The Kier molecular flexibility index (Phi) is 6.05. The summed E-state index contributed by atoms with van der Waals surface area (Å²) in [6.45, 7) is 9.03. The maximum atomic E-state index is 13.0. The quantitative estimate of drug-likeness (QED) is 0.821. The Hall–Kier alpha value is -1.67. The van der Waals surface area contributed by atoms with Crippen LogP contribution in [-0.4, -0.2) is 50.7 Å². The molecule has 6 nitrogen and oxygen atoms in total. The van der Waals surface area contributed by atoms with Gasteiger partial charge in [-0.3, -0.25) is 4.90 Å². The molecule has 1 atom stereocenters. The van der Waals surface area contributed by atoms with E-state index >= 15 is 0 Å². The van der Waals surface area contributed by atoms with Gasteiger partial charge in [0.15, 0.2) is 0 Å². The van der Waals surface area contributed by atoms with Crippen LogP contribution in [0.1, 0.15) is 28.4 Å². The van der Waals surface area contributed by atoms with Crippen molar-refractivity contribution < 1.29 is 13.2 Å². The van der Waals surface area contributed by atoms with Gasteiger partial charge in [0, 0.05) is 38.6 Å². The summed E-state index contributed by atoms with van der Waals surface area (Å²) in [4.78, 5) is 2.65. The van der Waals surface area contributed by atoms with E-state index in [-0.39, 0.29) is 6.04 Å². The van der Waals surface area contributed by atoms with Gasteiger partial charge in [-0.25, -0.2) is 13.1 Å². The van der Waals surface area contributed by atoms with Gasteiger partial charge in [-0.2, -0.15) is 0 Å². The summed E-state index contributed by atoms with van der Waals surface area (Å²) in [5.41, 5.74) is 3.94. The van der Waals surface area contributed by atoms with Crippen LogP contribution in [0, 0.1) is 20.8 Å². The van der Waals surface area contributed by atoms with Crippen molar-refractivity contribution in [3.63, 3.8) is 0 Å². The van der Waals surface area contributed by atoms with Gasteiger partial charge in [-0.05, 0) is 55.7 Å². The highest BCUT2D eigenvalue weighted by Crippen LogP contribution is 2.24. The third-order valence-corrected chi connectivity index (χ3v) is 6.92. The minimum absolute atomic E-state index is 0.0319. The van der Waals surface area contributed by atoms with Crippen molar-refractivity contribution in [2.24, 2.45) is 7.05 Å². The van der Waals surface area contributed by atoms with Crippen LogP contribution < -0.4 is 4.72 Å². The van der Waals surface area contributed by atoms with Gasteiger partial charge in [-0.15, -0.1) is 0 Å². The summed E-state index contributed by atoms with van der Waals surface area (Å²) in [5, 5.41) is 0. The second-order valence-electron chi connectivity index (χ2n) is 7.26. The van der Waals surface area contributed by atoms with E-state index in [2.05, 4.69) is 20.3 Å². The van der Waals surface area contributed by atoms with E-state index in [4.69, 9.17) is 4.74 Å². The van der Waals surface area contributed by atoms with Gasteiger partial charge in [0.25, 0.3) is 0 Å². The molecular weight excluding hydrogens is 362 g/mol. The number of nitrogens with one attached hydrogen (secondary N) is 1. The molecule has 1 aromatic carbocycles. The maximum Gasteiger partial charge on any atom is 0.240 e. The Balaban J connectivity index is 1.84. The predicted molar refractivity (Wildman–Crippen MR) is 106 cm³/mol. The molecule has 0 spiro atoms. The highest BCUT2D eigenvalue weighted by molar-refractivity contribution is 7.89. The molecule has 3 rings (SSSR count). The Morgan fingerprint density at radius 2 is 1.78 bits per heavy atom. The summed E-state index contributed by atoms with van der Waals surface area (Å²) in [6, 6.07) is 7.70. The minimum atomic E-state index is -3.59. The van der Waals surface area contributed by atoms with Crippen LogP contribution >= 0.6 is 0 Å². The third kappa shape index (κ3) is 4.43. The zero-order valence-corrected chi connectivity index (χ0v) is 17.3. The Morgan fingerprint density at radius 3 is 2.41 bits per heavy atom. The molecule has 1 N–H and O–H groups in total. The van der Waals surface area contributed by atoms with Gasteiger partial charge >= 0.3 is 0 Å². The second-order valence-corrected chi connectivity index (χ2v) is 9.00. The molecule has 1 unspecified atom stereocenters. The molecule has 1 aliphatic heterocycles. The Bertz CT molecular complexity index is 899. The molecule has 2 heterocycles. The molecule has 0 bridgehead atoms. The van der Waals surface area contributed by atoms with E-state index in [1.807, 2.05) is 46.1 Å². The van der Waals surface area contributed by atoms with Gasteiger partial charge in [-0.1, -0.05) is 6.07 Å². The fourth-order valence-electron chi connectivity index (χ4n) is 3.62. The van der Waals surface area contributed by atoms with E-state index in [1.165, 1.54) is 0 Å². The van der Waals surface area contributed by atoms with E-state index in [0.29, 0.717) is 24.7 Å². The van der Waals surface area contributed by atoms with Crippen molar-refractivity contribution in [3.05, 3.63) is 52.8 Å². The fourth-order valence-corrected chi connectivity index (χ4v) is 4.97. The molecule has 1 aromatic heterocycles. The first-order chi connectivity index (χ1) is 12.8. The van der Waals surface area contributed by atoms with Gasteiger partial charge in [0.05, 0.1) is 24.2 Å². The van der Waals surface area contributed by atoms with Crippen molar-refractivity contribution in [2.45, 2.75) is 31.7 Å². The molecule has 148 valence electrons. The van der Waals surface area contributed by atoms with E-state index in [1.54, 1.807) is 6.07 Å². The number of ether oxygens (including phenoxy) is 1. The average molecular weight is 392 g/mol. The van der Waals surface area contributed by atoms with Crippen molar-refractivity contribution >= 4 is 10.0 Å². The zero-order chi connectivity index (χ0) is 19.6. The van der Waals surface area contributed by atoms with E-state index < -0.39 is 10.0 Å². The summed E-state index contributed by atoms with van der Waals surface area (Å²) in [5.74, 6) is 0. The summed E-state index contributed by atoms with van der Waals surface area (Å²) in [6.07, 6.45) is 1.99. The third-order valence-electron chi connectivity index (χ3n) is 5.36. The number of hydrogen-bond acceptors (Lipinski definition) is 4. The van der Waals surface area contributed by atoms with E-state index in [0.717, 1.165) is 35.5 Å². The van der Waals surface area contributed by atoms with E-state index in [9.17, 15) is 8.42 Å². The maximum absolute atomic E-state index is 13.0. The van der Waals surface area contributed by atoms with Gasteiger partial charge in [0.2, 0.25) is 10.0 Å². The number of nitrogens with zero attached hydrogens (tertiary/aromatic N) is 2. The lowest BCUT2D eigenvalue weighted by Crippen LogP contribution is -2.44. The van der Waals surface area contributed by atoms with Crippen LogP contribution in [0.2, 0.25) is 0 Å². The Morgan fingerprint density at radius 1 is 1.11 bits per heavy atom. The lowest BCUT2D eigenvalue weighted by molar-refractivity contribution is 0.0158. The summed E-state index contributed by atoms with van der Waals surface area (Å²) < 4.78 is 36.4. The van der Waals surface area contributed by atoms with Crippen LogP contribution in [0.5, 0.6) is 0 Å². The molecule has 1 fully saturated rings. The number of aromatic nitrogens is 1. The lowest BCUT2D eigenvalue weighted by Gasteiger charge is -2.35. The normalized spacial score (nSPS) is 17.2. The highest BCUT2D eigenvalue weighted by atomic mass is 32.2. The van der Waals surface area contributed by atoms with Crippen LogP contribution in [0.25, 0.3) is 0 Å². The molecule has 2 aromatic rings. The minimum Gasteiger partial charge on any atom is -0.379 e. The smallest absolute Gasteiger partial charge is 0.240 e. The molecule has 0 saturated carbocycles. The average Bonchev–Trinajstić information content (AvgIpc) is 3.05. The van der Waals surface area contributed by atoms with Crippen molar-refractivity contribution in [1.29, 1.82) is 0 Å². The number of benzene rings is 1. The van der Waals surface area contributed by atoms with Crippen molar-refractivity contribution in [2.75, 3.05) is 32.8 Å². The Labute approximate surface area is 162 Å². The van der Waals surface area contributed by atoms with Crippen molar-refractivity contribution in [1.82, 2.24) is 14.2 Å². The molecule has 0 amide bonds. The first-order valence-electron chi connectivity index (χ1n) is 9.30. The van der Waals surface area contributed by atoms with Gasteiger partial charge < -0.3 is 9.30 Å². The molecule has 27 heavy (non-hydrogen) atoms. The molecule has 7 heteroatoms. The molecule has 0 radical (unpaired) electrons. The first-order valence-corrected chi connectivity index (χ1v) is 10.8. The predicted octanol–water partition coefficient (Wildman–Crippen LogP) is 2.30. The van der Waals surface area contributed by atoms with Crippen LogP contribution in [0.3, 0.4) is 0 Å². The topological polar surface area (TPSA) is 63.6 Å². The van der Waals surface area contributed by atoms with Crippen LogP contribution in [0.4, 0.5) is 0 Å². The number of aryl methyl sites for hydroxylation is 4. The van der Waals surface area contributed by atoms with Crippen LogP contribution in [-0.2, 0) is 21.8 Å². The first kappa shape index (κ1) is 20.1. The second kappa shape index (κ2) is 8.14. The number of hydrogen-bond donors (Lipinski definition) is 1. The van der Waals surface area contributed by atoms with Crippen molar-refractivity contribution in [3.8, 4) is 0 Å². The largest absolute Gasteiger partial charge is 0.379 e. The SMILES string of the molecule is Cc1cc(C)c(S(=O)(=O)NCC(c2cccn2C)N2CCOCC2)cc1C. The fraction of sp³-hybridized carbons (Fsp3) is 0.500. The molecular formula is C20H29N3O3S. The van der Waals surface area contributed by atoms with Gasteiger partial charge in [0.1, 0.15) is 0 Å². The molecule has 0 aliphatic carbocycles.